The van der Waals surface area contributed by atoms with Crippen molar-refractivity contribution in [3.05, 3.63) is 53.6 Å². The summed E-state index contributed by atoms with van der Waals surface area (Å²) >= 11 is 6.09. The number of hydrogen-bond donors (Lipinski definition) is 3. The lowest BCUT2D eigenvalue weighted by Gasteiger charge is -2.11. The van der Waals surface area contributed by atoms with Crippen molar-refractivity contribution in [2.24, 2.45) is 0 Å². The van der Waals surface area contributed by atoms with Crippen molar-refractivity contribution in [2.45, 2.75) is 19.9 Å². The number of urea groups is 1. The maximum absolute atomic E-state index is 11.6. The van der Waals surface area contributed by atoms with Crippen LogP contribution in [-0.4, -0.2) is 12.1 Å². The fourth-order valence-electron chi connectivity index (χ4n) is 1.78. The lowest BCUT2D eigenvalue weighted by atomic mass is 10.2. The molecule has 2 rings (SSSR count). The number of halogens is 1. The average molecular weight is 304 g/mol. The van der Waals surface area contributed by atoms with Gasteiger partial charge in [-0.25, -0.2) is 4.79 Å². The van der Waals surface area contributed by atoms with Crippen LogP contribution in [0.1, 0.15) is 13.8 Å². The van der Waals surface area contributed by atoms with Gasteiger partial charge in [-0.05, 0) is 50.2 Å². The molecule has 0 aliphatic carbocycles. The zero-order valence-corrected chi connectivity index (χ0v) is 12.7. The van der Waals surface area contributed by atoms with Gasteiger partial charge in [-0.15, -0.1) is 0 Å². The Bertz CT molecular complexity index is 611. The summed E-state index contributed by atoms with van der Waals surface area (Å²) in [5, 5.41) is 9.43. The molecule has 4 nitrogen and oxygen atoms in total. The molecule has 21 heavy (non-hydrogen) atoms. The van der Waals surface area contributed by atoms with Gasteiger partial charge in [0.15, 0.2) is 0 Å². The highest BCUT2D eigenvalue weighted by Crippen LogP contribution is 2.25. The molecule has 2 aromatic rings. The molecular formula is C16H18ClN3O. The summed E-state index contributed by atoms with van der Waals surface area (Å²) in [6.45, 7) is 3.83. The molecule has 0 fully saturated rings. The Hall–Kier alpha value is -2.20. The molecule has 2 aromatic carbocycles. The van der Waals surface area contributed by atoms with E-state index in [1.165, 1.54) is 0 Å². The van der Waals surface area contributed by atoms with Crippen LogP contribution in [0.3, 0.4) is 0 Å². The van der Waals surface area contributed by atoms with E-state index in [-0.39, 0.29) is 12.1 Å². The van der Waals surface area contributed by atoms with Gasteiger partial charge in [-0.2, -0.15) is 0 Å². The Morgan fingerprint density at radius 1 is 1.00 bits per heavy atom. The highest BCUT2D eigenvalue weighted by atomic mass is 35.5. The average Bonchev–Trinajstić information content (AvgIpc) is 2.42. The van der Waals surface area contributed by atoms with Gasteiger partial charge in [0.05, 0.1) is 10.7 Å². The van der Waals surface area contributed by atoms with Crippen LogP contribution in [-0.2, 0) is 0 Å². The SMILES string of the molecule is CC(C)NC(=O)Nc1ccc(Nc2ccccc2Cl)cc1. The molecule has 3 N–H and O–H groups in total. The molecule has 0 aromatic heterocycles. The molecule has 0 aliphatic heterocycles. The predicted octanol–water partition coefficient (Wildman–Crippen LogP) is 4.61. The minimum absolute atomic E-state index is 0.103. The molecule has 0 unspecified atom stereocenters. The Kier molecular flexibility index (Phi) is 5.06. The third-order valence-corrected chi connectivity index (χ3v) is 3.04. The summed E-state index contributed by atoms with van der Waals surface area (Å²) in [6, 6.07) is 14.9. The van der Waals surface area contributed by atoms with Crippen LogP contribution in [0.15, 0.2) is 48.5 Å². The van der Waals surface area contributed by atoms with Gasteiger partial charge in [-0.1, -0.05) is 23.7 Å². The Labute approximate surface area is 129 Å². The maximum Gasteiger partial charge on any atom is 0.319 e. The van der Waals surface area contributed by atoms with Gasteiger partial charge in [0, 0.05) is 17.4 Å². The normalized spacial score (nSPS) is 10.3. The van der Waals surface area contributed by atoms with Crippen LogP contribution in [0, 0.1) is 0 Å². The van der Waals surface area contributed by atoms with Gasteiger partial charge < -0.3 is 16.0 Å². The molecule has 0 saturated heterocycles. The van der Waals surface area contributed by atoms with E-state index in [1.807, 2.05) is 62.4 Å². The third kappa shape index (κ3) is 4.68. The highest BCUT2D eigenvalue weighted by Gasteiger charge is 2.04. The Morgan fingerprint density at radius 3 is 2.24 bits per heavy atom. The Balaban J connectivity index is 1.99. The van der Waals surface area contributed by atoms with Crippen molar-refractivity contribution in [2.75, 3.05) is 10.6 Å². The van der Waals surface area contributed by atoms with Crippen molar-refractivity contribution in [3.63, 3.8) is 0 Å². The van der Waals surface area contributed by atoms with Crippen LogP contribution in [0.2, 0.25) is 5.02 Å². The number of carbonyl (C=O) groups excluding carboxylic acids is 1. The van der Waals surface area contributed by atoms with E-state index in [9.17, 15) is 4.79 Å². The van der Waals surface area contributed by atoms with Crippen molar-refractivity contribution < 1.29 is 4.79 Å². The fourth-order valence-corrected chi connectivity index (χ4v) is 1.97. The van der Waals surface area contributed by atoms with Gasteiger partial charge in [0.1, 0.15) is 0 Å². The van der Waals surface area contributed by atoms with Gasteiger partial charge in [-0.3, -0.25) is 0 Å². The van der Waals surface area contributed by atoms with Gasteiger partial charge >= 0.3 is 6.03 Å². The number of nitrogens with one attached hydrogen (secondary N) is 3. The molecule has 5 heteroatoms. The van der Waals surface area contributed by atoms with E-state index in [0.717, 1.165) is 17.1 Å². The summed E-state index contributed by atoms with van der Waals surface area (Å²) < 4.78 is 0. The molecule has 0 heterocycles. The number of anilines is 3. The Morgan fingerprint density at radius 2 is 1.62 bits per heavy atom. The van der Waals surface area contributed by atoms with E-state index in [1.54, 1.807) is 0 Å². The van der Waals surface area contributed by atoms with E-state index >= 15 is 0 Å². The molecule has 0 saturated carbocycles. The van der Waals surface area contributed by atoms with E-state index in [4.69, 9.17) is 11.6 Å². The monoisotopic (exact) mass is 303 g/mol. The summed E-state index contributed by atoms with van der Waals surface area (Å²) in [5.74, 6) is 0. The summed E-state index contributed by atoms with van der Waals surface area (Å²) in [5.41, 5.74) is 2.48. The van der Waals surface area contributed by atoms with Gasteiger partial charge in [0.25, 0.3) is 0 Å². The summed E-state index contributed by atoms with van der Waals surface area (Å²) in [6.07, 6.45) is 0. The third-order valence-electron chi connectivity index (χ3n) is 2.72. The number of para-hydroxylation sites is 1. The smallest absolute Gasteiger partial charge is 0.319 e. The largest absolute Gasteiger partial charge is 0.354 e. The van der Waals surface area contributed by atoms with Crippen LogP contribution in [0.4, 0.5) is 21.9 Å². The van der Waals surface area contributed by atoms with E-state index < -0.39 is 0 Å². The second-order valence-corrected chi connectivity index (χ2v) is 5.34. The quantitative estimate of drug-likeness (QED) is 0.772. The van der Waals surface area contributed by atoms with Crippen molar-refractivity contribution in [3.8, 4) is 0 Å². The van der Waals surface area contributed by atoms with Crippen LogP contribution in [0.5, 0.6) is 0 Å². The standard InChI is InChI=1S/C16H18ClN3O/c1-11(2)18-16(21)20-13-9-7-12(8-10-13)19-15-6-4-3-5-14(15)17/h3-11,19H,1-2H3,(H2,18,20,21). The zero-order valence-electron chi connectivity index (χ0n) is 12.0. The first kappa shape index (κ1) is 15.2. The second kappa shape index (κ2) is 6.99. The number of carbonyl (C=O) groups is 1. The number of hydrogen-bond acceptors (Lipinski definition) is 2. The minimum Gasteiger partial charge on any atom is -0.354 e. The number of benzene rings is 2. The first-order valence-electron chi connectivity index (χ1n) is 6.74. The fraction of sp³-hybridized carbons (Fsp3) is 0.188. The van der Waals surface area contributed by atoms with E-state index in [2.05, 4.69) is 16.0 Å². The zero-order chi connectivity index (χ0) is 15.2. The van der Waals surface area contributed by atoms with Crippen molar-refractivity contribution in [1.82, 2.24) is 5.32 Å². The summed E-state index contributed by atoms with van der Waals surface area (Å²) in [4.78, 5) is 11.6. The maximum atomic E-state index is 11.6. The molecule has 110 valence electrons. The molecular weight excluding hydrogens is 286 g/mol. The molecule has 0 spiro atoms. The lowest BCUT2D eigenvalue weighted by Crippen LogP contribution is -2.34. The number of amides is 2. The first-order valence-corrected chi connectivity index (χ1v) is 7.11. The topological polar surface area (TPSA) is 53.2 Å². The molecule has 0 radical (unpaired) electrons. The van der Waals surface area contributed by atoms with Gasteiger partial charge in [0.2, 0.25) is 0 Å². The minimum atomic E-state index is -0.211. The predicted molar refractivity (Wildman–Crippen MR) is 88.5 cm³/mol. The molecule has 0 bridgehead atoms. The van der Waals surface area contributed by atoms with Crippen LogP contribution in [0.25, 0.3) is 0 Å². The summed E-state index contributed by atoms with van der Waals surface area (Å²) in [7, 11) is 0. The second-order valence-electron chi connectivity index (χ2n) is 4.94. The van der Waals surface area contributed by atoms with Crippen molar-refractivity contribution in [1.29, 1.82) is 0 Å². The lowest BCUT2D eigenvalue weighted by molar-refractivity contribution is 0.250. The number of rotatable bonds is 4. The molecule has 0 atom stereocenters. The molecule has 0 aliphatic rings. The molecule has 2 amide bonds. The first-order chi connectivity index (χ1) is 10.0. The van der Waals surface area contributed by atoms with E-state index in [0.29, 0.717) is 5.02 Å². The van der Waals surface area contributed by atoms with Crippen molar-refractivity contribution >= 4 is 34.7 Å². The van der Waals surface area contributed by atoms with Crippen LogP contribution < -0.4 is 16.0 Å². The van der Waals surface area contributed by atoms with Crippen LogP contribution >= 0.6 is 11.6 Å². The highest BCUT2D eigenvalue weighted by molar-refractivity contribution is 6.33.